The molecular weight excluding hydrogens is 492 g/mol. The van der Waals surface area contributed by atoms with E-state index in [9.17, 15) is 19.5 Å². The molecule has 3 aromatic rings. The monoisotopic (exact) mass is 526 g/mol. The molecule has 202 valence electrons. The molecule has 0 spiro atoms. The number of carbonyl (C=O) groups is 3. The largest absolute Gasteiger partial charge is 0.480 e. The molecule has 2 fully saturated rings. The summed E-state index contributed by atoms with van der Waals surface area (Å²) in [5, 5.41) is 10.4. The van der Waals surface area contributed by atoms with Crippen LogP contribution in [-0.2, 0) is 16.0 Å². The van der Waals surface area contributed by atoms with Crippen molar-refractivity contribution in [3.8, 4) is 0 Å². The maximum Gasteiger partial charge on any atom is 0.329 e. The number of aliphatic carboxylic acids is 1. The van der Waals surface area contributed by atoms with Crippen LogP contribution in [0.15, 0.2) is 91.0 Å². The normalized spacial score (nSPS) is 21.1. The van der Waals surface area contributed by atoms with Gasteiger partial charge in [0, 0.05) is 12.6 Å². The fourth-order valence-corrected chi connectivity index (χ4v) is 5.94. The molecule has 2 aliphatic rings. The lowest BCUT2D eigenvalue weighted by atomic mass is 9.99. The lowest BCUT2D eigenvalue weighted by Gasteiger charge is -2.47. The molecule has 2 bridgehead atoms. The number of para-hydroxylation sites is 2. The van der Waals surface area contributed by atoms with E-state index in [2.05, 4.69) is 0 Å². The minimum Gasteiger partial charge on any atom is -0.480 e. The molecule has 2 aliphatic heterocycles. The molecular formula is C31H34N4O4. The second-order valence-corrected chi connectivity index (χ2v) is 10.4. The number of carbonyl (C=O) groups excluding carboxylic acids is 2. The average Bonchev–Trinajstić information content (AvgIpc) is 3.25. The van der Waals surface area contributed by atoms with Crippen molar-refractivity contribution in [1.29, 1.82) is 0 Å². The number of carboxylic acids is 1. The molecule has 1 N–H and O–H groups in total. The molecule has 0 aromatic heterocycles. The summed E-state index contributed by atoms with van der Waals surface area (Å²) in [6.45, 7) is 0.166. The Hall–Kier alpha value is -4.17. The first-order valence-corrected chi connectivity index (χ1v) is 13.3. The molecule has 3 unspecified atom stereocenters. The number of hydrogen-bond donors (Lipinski definition) is 1. The van der Waals surface area contributed by atoms with Crippen molar-refractivity contribution in [3.05, 3.63) is 96.6 Å². The van der Waals surface area contributed by atoms with Crippen LogP contribution in [-0.4, -0.2) is 82.5 Å². The summed E-state index contributed by atoms with van der Waals surface area (Å²) in [4.78, 5) is 47.6. The van der Waals surface area contributed by atoms with Crippen LogP contribution in [0.3, 0.4) is 0 Å². The zero-order chi connectivity index (χ0) is 27.5. The van der Waals surface area contributed by atoms with Gasteiger partial charge in [-0.25, -0.2) is 9.59 Å². The molecule has 0 radical (unpaired) electrons. The van der Waals surface area contributed by atoms with Gasteiger partial charge in [0.05, 0.1) is 23.5 Å². The van der Waals surface area contributed by atoms with Crippen LogP contribution in [0.25, 0.3) is 0 Å². The Balaban J connectivity index is 1.46. The number of amides is 3. The Morgan fingerprint density at radius 2 is 1.38 bits per heavy atom. The Morgan fingerprint density at radius 3 is 1.90 bits per heavy atom. The Kier molecular flexibility index (Phi) is 7.65. The predicted molar refractivity (Wildman–Crippen MR) is 150 cm³/mol. The highest BCUT2D eigenvalue weighted by Gasteiger charge is 2.54. The molecule has 8 heteroatoms. The smallest absolute Gasteiger partial charge is 0.329 e. The standard InChI is InChI=1S/C31H34N4O4/c1-32(2)27(20-22-12-6-3-7-13-22)29(36)35-25-18-19-26(35)28(30(37)38)33(21-25)31(39)34(23-14-8-4-9-15-23)24-16-10-5-11-17-24/h3-17,25-28H,18-21H2,1-2H3,(H,37,38)/t25?,26?,27-,28?/m1/s1. The number of benzene rings is 3. The van der Waals surface area contributed by atoms with Crippen LogP contribution in [0.4, 0.5) is 16.2 Å². The SMILES string of the molecule is CN(C)[C@H](Cc1ccccc1)C(=O)N1C2CCC1C(C(=O)O)N(C(=O)N(c1ccccc1)c1ccccc1)C2. The number of fused-ring (bicyclic) bond motifs is 2. The zero-order valence-corrected chi connectivity index (χ0v) is 22.3. The van der Waals surface area contributed by atoms with Crippen molar-refractivity contribution in [3.63, 3.8) is 0 Å². The fourth-order valence-electron chi connectivity index (χ4n) is 5.94. The van der Waals surface area contributed by atoms with Gasteiger partial charge in [-0.3, -0.25) is 14.6 Å². The topological polar surface area (TPSA) is 84.4 Å². The molecule has 8 nitrogen and oxygen atoms in total. The van der Waals surface area contributed by atoms with Gasteiger partial charge in [0.1, 0.15) is 0 Å². The number of likely N-dealkylation sites (N-methyl/N-ethyl adjacent to an activating group) is 1. The van der Waals surface area contributed by atoms with Crippen molar-refractivity contribution >= 4 is 29.3 Å². The summed E-state index contributed by atoms with van der Waals surface area (Å²) < 4.78 is 0. The lowest BCUT2D eigenvalue weighted by Crippen LogP contribution is -2.68. The highest BCUT2D eigenvalue weighted by atomic mass is 16.4. The molecule has 2 heterocycles. The van der Waals surface area contributed by atoms with Crippen LogP contribution in [0.5, 0.6) is 0 Å². The molecule has 4 atom stereocenters. The Bertz CT molecular complexity index is 1260. The summed E-state index contributed by atoms with van der Waals surface area (Å²) >= 11 is 0. The van der Waals surface area contributed by atoms with Gasteiger partial charge in [-0.2, -0.15) is 0 Å². The molecule has 3 amide bonds. The Labute approximate surface area is 229 Å². The van der Waals surface area contributed by atoms with Gasteiger partial charge in [0.15, 0.2) is 6.04 Å². The van der Waals surface area contributed by atoms with Gasteiger partial charge in [-0.1, -0.05) is 66.7 Å². The van der Waals surface area contributed by atoms with E-state index in [1.54, 1.807) is 9.80 Å². The van der Waals surface area contributed by atoms with Crippen LogP contribution in [0, 0.1) is 0 Å². The van der Waals surface area contributed by atoms with Crippen molar-refractivity contribution in [2.75, 3.05) is 25.5 Å². The van der Waals surface area contributed by atoms with Gasteiger partial charge >= 0.3 is 12.0 Å². The molecule has 0 aliphatic carbocycles. The van der Waals surface area contributed by atoms with Crippen molar-refractivity contribution in [1.82, 2.24) is 14.7 Å². The highest BCUT2D eigenvalue weighted by molar-refractivity contribution is 6.01. The summed E-state index contributed by atoms with van der Waals surface area (Å²) in [6.07, 6.45) is 1.73. The summed E-state index contributed by atoms with van der Waals surface area (Å²) in [6, 6.07) is 25.5. The number of nitrogens with zero attached hydrogens (tertiary/aromatic N) is 4. The summed E-state index contributed by atoms with van der Waals surface area (Å²) in [5.74, 6) is -1.19. The second kappa shape index (κ2) is 11.3. The van der Waals surface area contributed by atoms with Crippen molar-refractivity contribution in [2.24, 2.45) is 0 Å². The van der Waals surface area contributed by atoms with E-state index in [0.717, 1.165) is 5.56 Å². The van der Waals surface area contributed by atoms with E-state index in [-0.39, 0.29) is 18.5 Å². The number of urea groups is 1. The summed E-state index contributed by atoms with van der Waals surface area (Å²) in [7, 11) is 3.75. The fraction of sp³-hybridized carbons (Fsp3) is 0.323. The number of hydrogen-bond acceptors (Lipinski definition) is 4. The number of carboxylic acid groups (broad SMARTS) is 1. The molecule has 3 aromatic carbocycles. The van der Waals surface area contributed by atoms with Gasteiger partial charge in [-0.15, -0.1) is 0 Å². The van der Waals surface area contributed by atoms with E-state index in [1.165, 1.54) is 4.90 Å². The highest BCUT2D eigenvalue weighted by Crippen LogP contribution is 2.38. The molecule has 2 saturated heterocycles. The van der Waals surface area contributed by atoms with Gasteiger partial charge in [0.25, 0.3) is 0 Å². The molecule has 39 heavy (non-hydrogen) atoms. The third-order valence-electron chi connectivity index (χ3n) is 7.81. The molecule has 5 rings (SSSR count). The van der Waals surface area contributed by atoms with Crippen LogP contribution >= 0.6 is 0 Å². The number of anilines is 2. The van der Waals surface area contributed by atoms with Crippen LogP contribution in [0.2, 0.25) is 0 Å². The first kappa shape index (κ1) is 26.4. The minimum absolute atomic E-state index is 0.0855. The summed E-state index contributed by atoms with van der Waals surface area (Å²) in [5.41, 5.74) is 2.35. The van der Waals surface area contributed by atoms with Crippen molar-refractivity contribution < 1.29 is 19.5 Å². The maximum absolute atomic E-state index is 14.2. The number of piperazine rings is 1. The average molecular weight is 527 g/mol. The zero-order valence-electron chi connectivity index (χ0n) is 22.3. The van der Waals surface area contributed by atoms with Crippen molar-refractivity contribution in [2.45, 2.75) is 43.4 Å². The quantitative estimate of drug-likeness (QED) is 0.498. The molecule has 0 saturated carbocycles. The first-order valence-electron chi connectivity index (χ1n) is 13.3. The van der Waals surface area contributed by atoms with E-state index >= 15 is 0 Å². The first-order chi connectivity index (χ1) is 18.9. The van der Waals surface area contributed by atoms with Gasteiger partial charge < -0.3 is 14.9 Å². The van der Waals surface area contributed by atoms with E-state index in [4.69, 9.17) is 0 Å². The minimum atomic E-state index is -1.14. The lowest BCUT2D eigenvalue weighted by molar-refractivity contribution is -0.153. The van der Waals surface area contributed by atoms with Crippen LogP contribution < -0.4 is 4.90 Å². The maximum atomic E-state index is 14.2. The van der Waals surface area contributed by atoms with Crippen LogP contribution in [0.1, 0.15) is 18.4 Å². The number of likely N-dealkylation sites (tertiary alicyclic amines) is 1. The van der Waals surface area contributed by atoms with E-state index in [0.29, 0.717) is 30.6 Å². The number of rotatable bonds is 7. The third kappa shape index (κ3) is 5.25. The van der Waals surface area contributed by atoms with Gasteiger partial charge in [0.2, 0.25) is 5.91 Å². The second-order valence-electron chi connectivity index (χ2n) is 10.4. The Morgan fingerprint density at radius 1 is 0.846 bits per heavy atom. The van der Waals surface area contributed by atoms with Gasteiger partial charge in [-0.05, 0) is 63.2 Å². The third-order valence-corrected chi connectivity index (χ3v) is 7.81. The van der Waals surface area contributed by atoms with E-state index in [1.807, 2.05) is 110 Å². The van der Waals surface area contributed by atoms with E-state index < -0.39 is 30.1 Å². The predicted octanol–water partition coefficient (Wildman–Crippen LogP) is 4.25.